The Morgan fingerprint density at radius 1 is 1.18 bits per heavy atom. The third kappa shape index (κ3) is 4.86. The maximum atomic E-state index is 13.1. The Morgan fingerprint density at radius 2 is 1.85 bits per heavy atom. The number of carbonyl (C=O) groups excluding carboxylic acids is 3. The highest BCUT2D eigenvalue weighted by Crippen LogP contribution is 2.45. The first-order valence-electron chi connectivity index (χ1n) is 11.6. The minimum absolute atomic E-state index is 0.0155. The van der Waals surface area contributed by atoms with Gasteiger partial charge in [-0.15, -0.1) is 0 Å². The van der Waals surface area contributed by atoms with E-state index in [2.05, 4.69) is 16.7 Å². The van der Waals surface area contributed by atoms with Crippen LogP contribution in [0.1, 0.15) is 37.0 Å². The Morgan fingerprint density at radius 3 is 2.45 bits per heavy atom. The molecule has 33 heavy (non-hydrogen) atoms. The van der Waals surface area contributed by atoms with E-state index in [0.717, 1.165) is 6.42 Å². The van der Waals surface area contributed by atoms with Crippen LogP contribution in [0.25, 0.3) is 0 Å². The Bertz CT molecular complexity index is 948. The Balaban J connectivity index is 1.26. The fraction of sp³-hybridized carbons (Fsp3) is 0.583. The molecule has 2 N–H and O–H groups in total. The van der Waals surface area contributed by atoms with Crippen molar-refractivity contribution in [1.82, 2.24) is 20.4 Å². The third-order valence-electron chi connectivity index (χ3n) is 7.03. The fourth-order valence-corrected chi connectivity index (χ4v) is 5.06. The van der Waals surface area contributed by atoms with Crippen molar-refractivity contribution in [2.75, 3.05) is 26.2 Å². The molecule has 1 aromatic rings. The molecule has 2 aliphatic heterocycles. The molecule has 2 heterocycles. The minimum atomic E-state index is -0.518. The lowest BCUT2D eigenvalue weighted by Crippen LogP contribution is -2.52. The summed E-state index contributed by atoms with van der Waals surface area (Å²) in [5, 5.41) is 15.4. The fourth-order valence-electron chi connectivity index (χ4n) is 5.06. The van der Waals surface area contributed by atoms with Crippen molar-refractivity contribution in [3.05, 3.63) is 35.6 Å². The zero-order valence-corrected chi connectivity index (χ0v) is 19.0. The number of halogens is 1. The van der Waals surface area contributed by atoms with Crippen LogP contribution in [0.3, 0.4) is 0 Å². The van der Waals surface area contributed by atoms with Crippen molar-refractivity contribution in [3.63, 3.8) is 0 Å². The maximum absolute atomic E-state index is 13.1. The van der Waals surface area contributed by atoms with Gasteiger partial charge < -0.3 is 15.1 Å². The molecule has 4 atom stereocenters. The van der Waals surface area contributed by atoms with E-state index in [4.69, 9.17) is 0 Å². The van der Waals surface area contributed by atoms with E-state index in [-0.39, 0.29) is 59.9 Å². The van der Waals surface area contributed by atoms with E-state index in [1.807, 2.05) is 13.8 Å². The van der Waals surface area contributed by atoms with Crippen molar-refractivity contribution >= 4 is 17.7 Å². The number of nitrogens with one attached hydrogen (secondary N) is 2. The van der Waals surface area contributed by atoms with Gasteiger partial charge in [0, 0.05) is 43.1 Å². The largest absolute Gasteiger partial charge is 0.351 e. The summed E-state index contributed by atoms with van der Waals surface area (Å²) >= 11 is 0. The summed E-state index contributed by atoms with van der Waals surface area (Å²) in [7, 11) is 0. The summed E-state index contributed by atoms with van der Waals surface area (Å²) < 4.78 is 13.1. The van der Waals surface area contributed by atoms with E-state index in [9.17, 15) is 24.0 Å². The van der Waals surface area contributed by atoms with Crippen LogP contribution >= 0.6 is 0 Å². The number of hydrogen-bond donors (Lipinski definition) is 2. The number of likely N-dealkylation sites (tertiary alicyclic amines) is 2. The van der Waals surface area contributed by atoms with Gasteiger partial charge in [-0.1, -0.05) is 13.8 Å². The second-order valence-corrected chi connectivity index (χ2v) is 9.56. The van der Waals surface area contributed by atoms with Crippen LogP contribution in [0.2, 0.25) is 0 Å². The van der Waals surface area contributed by atoms with Gasteiger partial charge in [0.1, 0.15) is 11.9 Å². The molecule has 1 aliphatic carbocycles. The lowest BCUT2D eigenvalue weighted by molar-refractivity contribution is -0.130. The highest BCUT2D eigenvalue weighted by molar-refractivity contribution is 5.94. The quantitative estimate of drug-likeness (QED) is 0.642. The molecule has 9 heteroatoms. The molecule has 2 unspecified atom stereocenters. The lowest BCUT2D eigenvalue weighted by Gasteiger charge is -2.25. The maximum Gasteiger partial charge on any atom is 0.253 e. The van der Waals surface area contributed by atoms with Gasteiger partial charge in [0.2, 0.25) is 11.8 Å². The Hall–Kier alpha value is -2.99. The first kappa shape index (κ1) is 23.2. The lowest BCUT2D eigenvalue weighted by atomic mass is 10.0. The number of fused-ring (bicyclic) bond motifs is 1. The Kier molecular flexibility index (Phi) is 6.66. The molecule has 3 aliphatic rings. The molecular formula is C24H30FN5O3. The zero-order chi connectivity index (χ0) is 23.7. The number of carbonyl (C=O) groups is 3. The molecule has 0 spiro atoms. The second kappa shape index (κ2) is 9.48. The van der Waals surface area contributed by atoms with Crippen LogP contribution in [0.15, 0.2) is 24.3 Å². The van der Waals surface area contributed by atoms with Crippen molar-refractivity contribution in [3.8, 4) is 6.07 Å². The molecule has 2 saturated heterocycles. The van der Waals surface area contributed by atoms with Crippen LogP contribution < -0.4 is 10.6 Å². The van der Waals surface area contributed by atoms with Crippen molar-refractivity contribution in [1.29, 1.82) is 5.26 Å². The van der Waals surface area contributed by atoms with Crippen LogP contribution in [0.5, 0.6) is 0 Å². The van der Waals surface area contributed by atoms with Crippen LogP contribution in [-0.4, -0.2) is 71.8 Å². The van der Waals surface area contributed by atoms with Gasteiger partial charge in [-0.05, 0) is 43.0 Å². The van der Waals surface area contributed by atoms with E-state index in [1.54, 1.807) is 9.80 Å². The average Bonchev–Trinajstić information content (AvgIpc) is 3.18. The third-order valence-corrected chi connectivity index (χ3v) is 7.03. The number of rotatable bonds is 7. The molecule has 4 rings (SSSR count). The zero-order valence-electron chi connectivity index (χ0n) is 19.0. The van der Waals surface area contributed by atoms with Gasteiger partial charge >= 0.3 is 0 Å². The molecule has 0 bridgehead atoms. The molecule has 0 aromatic heterocycles. The molecule has 3 fully saturated rings. The summed E-state index contributed by atoms with van der Waals surface area (Å²) in [6.07, 6.45) is 1.52. The smallest absolute Gasteiger partial charge is 0.253 e. The number of nitrogens with zero attached hydrogens (tertiary/aromatic N) is 3. The molecule has 0 radical (unpaired) electrons. The molecule has 3 amide bonds. The normalized spacial score (nSPS) is 26.6. The number of hydrogen-bond acceptors (Lipinski definition) is 5. The predicted octanol–water partition coefficient (Wildman–Crippen LogP) is 1.14. The monoisotopic (exact) mass is 455 g/mol. The highest BCUT2D eigenvalue weighted by atomic mass is 19.1. The van der Waals surface area contributed by atoms with Crippen LogP contribution in [0, 0.1) is 34.9 Å². The summed E-state index contributed by atoms with van der Waals surface area (Å²) in [5.74, 6) is -0.382. The van der Waals surface area contributed by atoms with Crippen LogP contribution in [-0.2, 0) is 9.59 Å². The predicted molar refractivity (Wildman–Crippen MR) is 118 cm³/mol. The molecule has 8 nitrogen and oxygen atoms in total. The standard InChI is InChI=1S/C24H30FN5O3/c1-14(2)21(27-11-20(31)30-9-3-4-17(30)10-26)23(32)28-22-18-12-29(13-19(18)22)24(33)15-5-7-16(25)8-6-15/h5-8,14,17-19,21-22,27H,3-4,9,11-13H2,1-2H3,(H,28,32)/t17-,18?,19?,21-,22?/m0/s1. The van der Waals surface area contributed by atoms with Crippen LogP contribution in [0.4, 0.5) is 4.39 Å². The van der Waals surface area contributed by atoms with E-state index in [1.165, 1.54) is 24.3 Å². The SMILES string of the molecule is CC(C)[C@H](NCC(=O)N1CCC[C@H]1C#N)C(=O)NC1C2CN(C(=O)c3ccc(F)cc3)CC21. The second-order valence-electron chi connectivity index (χ2n) is 9.56. The minimum Gasteiger partial charge on any atom is -0.351 e. The van der Waals surface area contributed by atoms with E-state index >= 15 is 0 Å². The topological polar surface area (TPSA) is 106 Å². The van der Waals surface area contributed by atoms with Crippen molar-refractivity contribution < 1.29 is 18.8 Å². The highest BCUT2D eigenvalue weighted by Gasteiger charge is 2.57. The number of amides is 3. The van der Waals surface area contributed by atoms with Gasteiger partial charge in [-0.25, -0.2) is 4.39 Å². The number of nitriles is 1. The van der Waals surface area contributed by atoms with Crippen molar-refractivity contribution in [2.24, 2.45) is 17.8 Å². The summed E-state index contributed by atoms with van der Waals surface area (Å²) in [6, 6.07) is 6.82. The van der Waals surface area contributed by atoms with E-state index < -0.39 is 6.04 Å². The van der Waals surface area contributed by atoms with Gasteiger partial charge in [0.05, 0.1) is 18.7 Å². The van der Waals surface area contributed by atoms with Gasteiger partial charge in [0.25, 0.3) is 5.91 Å². The van der Waals surface area contributed by atoms with Gasteiger partial charge in [-0.2, -0.15) is 5.26 Å². The first-order valence-corrected chi connectivity index (χ1v) is 11.6. The molecule has 176 valence electrons. The van der Waals surface area contributed by atoms with Gasteiger partial charge in [0.15, 0.2) is 0 Å². The molecule has 1 saturated carbocycles. The number of benzene rings is 1. The molecular weight excluding hydrogens is 425 g/mol. The number of piperidine rings is 1. The average molecular weight is 456 g/mol. The summed E-state index contributed by atoms with van der Waals surface area (Å²) in [4.78, 5) is 41.4. The van der Waals surface area contributed by atoms with Crippen molar-refractivity contribution in [2.45, 2.75) is 44.8 Å². The summed E-state index contributed by atoms with van der Waals surface area (Å²) in [5.41, 5.74) is 0.462. The Labute approximate surface area is 193 Å². The van der Waals surface area contributed by atoms with Gasteiger partial charge in [-0.3, -0.25) is 19.7 Å². The summed E-state index contributed by atoms with van der Waals surface area (Å²) in [6.45, 7) is 5.57. The molecule has 1 aromatic carbocycles. The first-order chi connectivity index (χ1) is 15.8. The van der Waals surface area contributed by atoms with E-state index in [0.29, 0.717) is 31.6 Å².